The maximum Gasteiger partial charge on any atom is 0.211 e. The van der Waals surface area contributed by atoms with Crippen molar-refractivity contribution in [2.75, 3.05) is 18.8 Å². The second kappa shape index (κ2) is 7.50. The molecule has 0 saturated heterocycles. The number of aryl methyl sites for hydroxylation is 1. The zero-order valence-electron chi connectivity index (χ0n) is 11.0. The van der Waals surface area contributed by atoms with Gasteiger partial charge in [-0.15, -0.1) is 0 Å². The summed E-state index contributed by atoms with van der Waals surface area (Å²) in [5, 5.41) is 7.29. The number of hydrogen-bond acceptors (Lipinski definition) is 4. The van der Waals surface area contributed by atoms with Crippen LogP contribution in [0.25, 0.3) is 0 Å². The Hall–Kier alpha value is -0.920. The topological polar surface area (TPSA) is 76.0 Å². The van der Waals surface area contributed by atoms with Crippen LogP contribution in [0.5, 0.6) is 0 Å². The van der Waals surface area contributed by atoms with Crippen molar-refractivity contribution >= 4 is 10.0 Å². The Balaban J connectivity index is 2.23. The van der Waals surface area contributed by atoms with E-state index in [2.05, 4.69) is 22.1 Å². The third kappa shape index (κ3) is 6.13. The lowest BCUT2D eigenvalue weighted by Gasteiger charge is -2.06. The van der Waals surface area contributed by atoms with Gasteiger partial charge in [0.15, 0.2) is 0 Å². The van der Waals surface area contributed by atoms with E-state index in [1.165, 1.54) is 0 Å². The third-order valence-electron chi connectivity index (χ3n) is 2.44. The van der Waals surface area contributed by atoms with E-state index in [0.717, 1.165) is 25.2 Å². The molecule has 1 aromatic rings. The minimum absolute atomic E-state index is 0.149. The molecule has 0 aliphatic rings. The molecular weight excluding hydrogens is 252 g/mol. The summed E-state index contributed by atoms with van der Waals surface area (Å²) < 4.78 is 27.5. The normalized spacial score (nSPS) is 11.9. The van der Waals surface area contributed by atoms with Gasteiger partial charge in [0.1, 0.15) is 0 Å². The van der Waals surface area contributed by atoms with Crippen molar-refractivity contribution < 1.29 is 8.42 Å². The van der Waals surface area contributed by atoms with Gasteiger partial charge in [-0.25, -0.2) is 13.1 Å². The van der Waals surface area contributed by atoms with Gasteiger partial charge in [0, 0.05) is 13.2 Å². The van der Waals surface area contributed by atoms with E-state index in [1.807, 2.05) is 0 Å². The first-order chi connectivity index (χ1) is 8.53. The average Bonchev–Trinajstić information content (AvgIpc) is 2.73. The van der Waals surface area contributed by atoms with E-state index in [-0.39, 0.29) is 12.3 Å². The Kier molecular flexibility index (Phi) is 6.31. The van der Waals surface area contributed by atoms with Gasteiger partial charge in [-0.2, -0.15) is 5.10 Å². The zero-order chi connectivity index (χ0) is 13.4. The molecule has 0 amide bonds. The summed E-state index contributed by atoms with van der Waals surface area (Å²) in [7, 11) is -1.39. The molecule has 1 heterocycles. The summed E-state index contributed by atoms with van der Waals surface area (Å²) in [6.07, 6.45) is 3.47. The molecule has 7 heteroatoms. The molecule has 1 rings (SSSR count). The van der Waals surface area contributed by atoms with Crippen LogP contribution in [0.3, 0.4) is 0 Å². The van der Waals surface area contributed by atoms with E-state index in [9.17, 15) is 8.42 Å². The van der Waals surface area contributed by atoms with Crippen LogP contribution in [0.4, 0.5) is 0 Å². The van der Waals surface area contributed by atoms with Crippen molar-refractivity contribution in [3.63, 3.8) is 0 Å². The number of rotatable bonds is 9. The van der Waals surface area contributed by atoms with Gasteiger partial charge < -0.3 is 5.32 Å². The molecule has 0 spiro atoms. The number of sulfonamides is 1. The quantitative estimate of drug-likeness (QED) is 0.632. The molecule has 0 fully saturated rings. The summed E-state index contributed by atoms with van der Waals surface area (Å²) in [5.74, 6) is 0.149. The van der Waals surface area contributed by atoms with E-state index < -0.39 is 10.0 Å². The molecule has 0 atom stereocenters. The zero-order valence-corrected chi connectivity index (χ0v) is 11.8. The lowest BCUT2D eigenvalue weighted by Crippen LogP contribution is -2.28. The number of nitrogens with one attached hydrogen (secondary N) is 2. The van der Waals surface area contributed by atoms with Crippen LogP contribution in [0.2, 0.25) is 0 Å². The molecule has 1 aromatic heterocycles. The molecule has 0 aliphatic carbocycles. The molecule has 18 heavy (non-hydrogen) atoms. The molecule has 0 saturated carbocycles. The molecule has 0 radical (unpaired) electrons. The Morgan fingerprint density at radius 3 is 2.78 bits per heavy atom. The fourth-order valence-electron chi connectivity index (χ4n) is 1.50. The fraction of sp³-hybridized carbons (Fsp3) is 0.727. The minimum atomic E-state index is -3.20. The molecule has 0 unspecified atom stereocenters. The van der Waals surface area contributed by atoms with Crippen LogP contribution >= 0.6 is 0 Å². The first kappa shape index (κ1) is 15.1. The predicted octanol–water partition coefficient (Wildman–Crippen LogP) is 0.229. The van der Waals surface area contributed by atoms with Crippen molar-refractivity contribution in [3.05, 3.63) is 18.0 Å². The highest BCUT2D eigenvalue weighted by atomic mass is 32.2. The standard InChI is InChI=1S/C11H22N4O2S/c1-3-6-12-7-4-9-18(16,17)13-10-11-5-8-15(2)14-11/h5,8,12-13H,3-4,6-7,9-10H2,1-2H3. The summed E-state index contributed by atoms with van der Waals surface area (Å²) in [6.45, 7) is 4.00. The molecule has 2 N–H and O–H groups in total. The summed E-state index contributed by atoms with van der Waals surface area (Å²) in [4.78, 5) is 0. The lowest BCUT2D eigenvalue weighted by atomic mass is 10.4. The van der Waals surface area contributed by atoms with E-state index in [4.69, 9.17) is 0 Å². The minimum Gasteiger partial charge on any atom is -0.317 e. The molecule has 0 aliphatic heterocycles. The van der Waals surface area contributed by atoms with E-state index in [0.29, 0.717) is 6.42 Å². The second-order valence-corrected chi connectivity index (χ2v) is 6.15. The predicted molar refractivity (Wildman–Crippen MR) is 71.6 cm³/mol. The van der Waals surface area contributed by atoms with E-state index >= 15 is 0 Å². The van der Waals surface area contributed by atoms with Crippen molar-refractivity contribution in [1.82, 2.24) is 19.8 Å². The molecule has 0 bridgehead atoms. The Bertz CT molecular complexity index is 442. The number of nitrogens with zero attached hydrogens (tertiary/aromatic N) is 2. The highest BCUT2D eigenvalue weighted by Gasteiger charge is 2.10. The van der Waals surface area contributed by atoms with Crippen LogP contribution in [0.15, 0.2) is 12.3 Å². The SMILES string of the molecule is CCCNCCCS(=O)(=O)NCc1ccn(C)n1. The lowest BCUT2D eigenvalue weighted by molar-refractivity contribution is 0.572. The van der Waals surface area contributed by atoms with Crippen molar-refractivity contribution in [2.45, 2.75) is 26.3 Å². The number of hydrogen-bond donors (Lipinski definition) is 2. The first-order valence-electron chi connectivity index (χ1n) is 6.20. The van der Waals surface area contributed by atoms with Crippen LogP contribution in [-0.2, 0) is 23.6 Å². The van der Waals surface area contributed by atoms with Gasteiger partial charge in [-0.3, -0.25) is 4.68 Å². The number of aromatic nitrogens is 2. The van der Waals surface area contributed by atoms with Gasteiger partial charge in [0.05, 0.1) is 18.0 Å². The van der Waals surface area contributed by atoms with Crippen LogP contribution < -0.4 is 10.0 Å². The molecular formula is C11H22N4O2S. The highest BCUT2D eigenvalue weighted by Crippen LogP contribution is 1.96. The van der Waals surface area contributed by atoms with Crippen molar-refractivity contribution in [3.8, 4) is 0 Å². The Morgan fingerprint density at radius 1 is 1.39 bits per heavy atom. The summed E-state index contributed by atoms with van der Waals surface area (Å²) in [6, 6.07) is 1.80. The largest absolute Gasteiger partial charge is 0.317 e. The van der Waals surface area contributed by atoms with E-state index in [1.54, 1.807) is 24.0 Å². The first-order valence-corrected chi connectivity index (χ1v) is 7.85. The molecule has 0 aromatic carbocycles. The van der Waals surface area contributed by atoms with Crippen molar-refractivity contribution in [1.29, 1.82) is 0 Å². The molecule has 104 valence electrons. The van der Waals surface area contributed by atoms with Crippen LogP contribution in [-0.4, -0.2) is 37.0 Å². The average molecular weight is 274 g/mol. The maximum atomic E-state index is 11.7. The second-order valence-electron chi connectivity index (χ2n) is 4.22. The van der Waals surface area contributed by atoms with Crippen LogP contribution in [0, 0.1) is 0 Å². The maximum absolute atomic E-state index is 11.7. The van der Waals surface area contributed by atoms with Crippen LogP contribution in [0.1, 0.15) is 25.5 Å². The smallest absolute Gasteiger partial charge is 0.211 e. The Labute approximate surface area is 109 Å². The molecule has 6 nitrogen and oxygen atoms in total. The highest BCUT2D eigenvalue weighted by molar-refractivity contribution is 7.89. The summed E-state index contributed by atoms with van der Waals surface area (Å²) >= 11 is 0. The van der Waals surface area contributed by atoms with Gasteiger partial charge in [0.2, 0.25) is 10.0 Å². The van der Waals surface area contributed by atoms with Gasteiger partial charge in [-0.1, -0.05) is 6.92 Å². The summed E-state index contributed by atoms with van der Waals surface area (Å²) in [5.41, 5.74) is 0.727. The van der Waals surface area contributed by atoms with Crippen molar-refractivity contribution in [2.24, 2.45) is 7.05 Å². The van der Waals surface area contributed by atoms with Gasteiger partial charge in [0.25, 0.3) is 0 Å². The Morgan fingerprint density at radius 2 is 2.17 bits per heavy atom. The third-order valence-corrected chi connectivity index (χ3v) is 3.85. The fourth-order valence-corrected chi connectivity index (χ4v) is 2.54. The van der Waals surface area contributed by atoms with Gasteiger partial charge in [-0.05, 0) is 32.0 Å². The van der Waals surface area contributed by atoms with Gasteiger partial charge >= 0.3 is 0 Å². The monoisotopic (exact) mass is 274 g/mol.